The molecule has 1 N–H and O–H groups in total. The molecule has 1 aromatic carbocycles. The van der Waals surface area contributed by atoms with Crippen LogP contribution in [0.1, 0.15) is 28.5 Å². The zero-order valence-electron chi connectivity index (χ0n) is 11.7. The van der Waals surface area contributed by atoms with Crippen molar-refractivity contribution in [2.24, 2.45) is 0 Å². The van der Waals surface area contributed by atoms with Crippen LogP contribution >= 0.6 is 0 Å². The summed E-state index contributed by atoms with van der Waals surface area (Å²) in [5, 5.41) is 13.3. The van der Waals surface area contributed by atoms with Gasteiger partial charge >= 0.3 is 5.97 Å². The van der Waals surface area contributed by atoms with Crippen molar-refractivity contribution >= 4 is 5.97 Å². The van der Waals surface area contributed by atoms with E-state index in [4.69, 9.17) is 9.26 Å². The molecular weight excluding hydrogens is 258 g/mol. The van der Waals surface area contributed by atoms with Gasteiger partial charge in [0, 0.05) is 5.56 Å². The summed E-state index contributed by atoms with van der Waals surface area (Å²) in [5.74, 6) is -0.218. The van der Waals surface area contributed by atoms with Crippen molar-refractivity contribution in [1.29, 1.82) is 0 Å². The van der Waals surface area contributed by atoms with Crippen LogP contribution in [0.3, 0.4) is 0 Å². The Morgan fingerprint density at radius 2 is 2.20 bits per heavy atom. The molecule has 1 aromatic heterocycles. The Kier molecular flexibility index (Phi) is 4.08. The van der Waals surface area contributed by atoms with E-state index < -0.39 is 11.9 Å². The Morgan fingerprint density at radius 1 is 1.45 bits per heavy atom. The van der Waals surface area contributed by atoms with Gasteiger partial charge in [-0.15, -0.1) is 0 Å². The Hall–Kier alpha value is -2.30. The average Bonchev–Trinajstić information content (AvgIpc) is 2.75. The van der Waals surface area contributed by atoms with Gasteiger partial charge in [0.05, 0.1) is 18.7 Å². The highest BCUT2D eigenvalue weighted by Gasteiger charge is 2.24. The van der Waals surface area contributed by atoms with Gasteiger partial charge in [0.1, 0.15) is 11.5 Å². The van der Waals surface area contributed by atoms with Crippen LogP contribution < -0.4 is 4.74 Å². The van der Waals surface area contributed by atoms with Crippen molar-refractivity contribution in [2.45, 2.75) is 26.2 Å². The first-order chi connectivity index (χ1) is 9.52. The first kappa shape index (κ1) is 14.1. The number of carboxylic acid groups (broad SMARTS) is 1. The molecule has 106 valence electrons. The summed E-state index contributed by atoms with van der Waals surface area (Å²) < 4.78 is 10.2. The van der Waals surface area contributed by atoms with E-state index in [1.807, 2.05) is 6.92 Å². The van der Waals surface area contributed by atoms with E-state index in [0.29, 0.717) is 23.5 Å². The number of nitrogens with zero attached hydrogens (tertiary/aromatic N) is 1. The van der Waals surface area contributed by atoms with Crippen LogP contribution in [-0.2, 0) is 11.2 Å². The van der Waals surface area contributed by atoms with Crippen molar-refractivity contribution in [1.82, 2.24) is 5.16 Å². The van der Waals surface area contributed by atoms with Gasteiger partial charge in [-0.2, -0.15) is 0 Å². The predicted molar refractivity (Wildman–Crippen MR) is 73.1 cm³/mol. The standard InChI is InChI=1S/C15H17NO4/c1-9-13(10(2)20-16-9)8-14(15(17)18)11-5-4-6-12(7-11)19-3/h4-7,14H,8H2,1-3H3,(H,17,18). The monoisotopic (exact) mass is 275 g/mol. The number of rotatable bonds is 5. The quantitative estimate of drug-likeness (QED) is 0.908. The fourth-order valence-corrected chi connectivity index (χ4v) is 2.20. The van der Waals surface area contributed by atoms with Gasteiger partial charge in [-0.1, -0.05) is 17.3 Å². The highest BCUT2D eigenvalue weighted by atomic mass is 16.5. The molecule has 2 aromatic rings. The second-order valence-corrected chi connectivity index (χ2v) is 4.67. The van der Waals surface area contributed by atoms with E-state index in [1.165, 1.54) is 0 Å². The summed E-state index contributed by atoms with van der Waals surface area (Å²) >= 11 is 0. The second kappa shape index (κ2) is 5.77. The summed E-state index contributed by atoms with van der Waals surface area (Å²) in [7, 11) is 1.56. The van der Waals surface area contributed by atoms with Gasteiger partial charge in [0.15, 0.2) is 0 Å². The topological polar surface area (TPSA) is 72.6 Å². The first-order valence-corrected chi connectivity index (χ1v) is 6.31. The molecule has 0 amide bonds. The predicted octanol–water partition coefficient (Wildman–Crippen LogP) is 2.71. The van der Waals surface area contributed by atoms with Gasteiger partial charge in [-0.05, 0) is 38.0 Å². The minimum Gasteiger partial charge on any atom is -0.497 e. The third kappa shape index (κ3) is 2.82. The van der Waals surface area contributed by atoms with E-state index in [-0.39, 0.29) is 0 Å². The largest absolute Gasteiger partial charge is 0.497 e. The molecule has 1 unspecified atom stereocenters. The molecule has 20 heavy (non-hydrogen) atoms. The SMILES string of the molecule is COc1cccc(C(Cc2c(C)noc2C)C(=O)O)c1. The van der Waals surface area contributed by atoms with E-state index in [0.717, 1.165) is 11.3 Å². The number of aryl methyl sites for hydroxylation is 2. The molecule has 0 aliphatic carbocycles. The molecule has 0 saturated heterocycles. The normalized spacial score (nSPS) is 12.2. The highest BCUT2D eigenvalue weighted by molar-refractivity contribution is 5.76. The van der Waals surface area contributed by atoms with Crippen LogP contribution in [0.4, 0.5) is 0 Å². The Balaban J connectivity index is 2.34. The summed E-state index contributed by atoms with van der Waals surface area (Å²) in [6.07, 6.45) is 0.351. The number of carboxylic acids is 1. The minimum atomic E-state index is -0.877. The molecule has 5 heteroatoms. The smallest absolute Gasteiger partial charge is 0.311 e. The number of ether oxygens (including phenoxy) is 1. The number of methoxy groups -OCH3 is 1. The van der Waals surface area contributed by atoms with Gasteiger partial charge in [0.2, 0.25) is 0 Å². The van der Waals surface area contributed by atoms with Crippen LogP contribution in [0, 0.1) is 13.8 Å². The molecule has 1 heterocycles. The highest BCUT2D eigenvalue weighted by Crippen LogP contribution is 2.27. The summed E-state index contributed by atoms with van der Waals surface area (Å²) in [6, 6.07) is 7.12. The van der Waals surface area contributed by atoms with Crippen LogP contribution in [0.2, 0.25) is 0 Å². The minimum absolute atomic E-state index is 0.351. The van der Waals surface area contributed by atoms with Crippen LogP contribution in [0.15, 0.2) is 28.8 Å². The van der Waals surface area contributed by atoms with E-state index in [1.54, 1.807) is 38.3 Å². The maximum atomic E-state index is 11.6. The molecule has 2 rings (SSSR count). The van der Waals surface area contributed by atoms with Gasteiger partial charge in [-0.3, -0.25) is 4.79 Å². The molecule has 1 atom stereocenters. The molecule has 0 aliphatic rings. The lowest BCUT2D eigenvalue weighted by molar-refractivity contribution is -0.138. The zero-order chi connectivity index (χ0) is 14.7. The third-order valence-corrected chi connectivity index (χ3v) is 3.38. The maximum absolute atomic E-state index is 11.6. The summed E-state index contributed by atoms with van der Waals surface area (Å²) in [5.41, 5.74) is 2.29. The summed E-state index contributed by atoms with van der Waals surface area (Å²) in [4.78, 5) is 11.6. The van der Waals surface area contributed by atoms with E-state index >= 15 is 0 Å². The van der Waals surface area contributed by atoms with Crippen molar-refractivity contribution in [2.75, 3.05) is 7.11 Å². The van der Waals surface area contributed by atoms with Crippen molar-refractivity contribution < 1.29 is 19.2 Å². The number of benzene rings is 1. The lowest BCUT2D eigenvalue weighted by atomic mass is 9.91. The van der Waals surface area contributed by atoms with E-state index in [9.17, 15) is 9.90 Å². The molecule has 0 bridgehead atoms. The fourth-order valence-electron chi connectivity index (χ4n) is 2.20. The lowest BCUT2D eigenvalue weighted by Gasteiger charge is -2.13. The van der Waals surface area contributed by atoms with Gasteiger partial charge in [0.25, 0.3) is 0 Å². The Morgan fingerprint density at radius 3 is 2.75 bits per heavy atom. The zero-order valence-corrected chi connectivity index (χ0v) is 11.7. The number of carbonyl (C=O) groups is 1. The number of hydrogen-bond acceptors (Lipinski definition) is 4. The van der Waals surface area contributed by atoms with Crippen molar-refractivity contribution in [3.05, 3.63) is 46.8 Å². The van der Waals surface area contributed by atoms with Crippen molar-refractivity contribution in [3.8, 4) is 5.75 Å². The van der Waals surface area contributed by atoms with Crippen LogP contribution in [-0.4, -0.2) is 23.3 Å². The molecule has 5 nitrogen and oxygen atoms in total. The van der Waals surface area contributed by atoms with Gasteiger partial charge in [-0.25, -0.2) is 0 Å². The average molecular weight is 275 g/mol. The van der Waals surface area contributed by atoms with Gasteiger partial charge < -0.3 is 14.4 Å². The summed E-state index contributed by atoms with van der Waals surface area (Å²) in [6.45, 7) is 3.61. The third-order valence-electron chi connectivity index (χ3n) is 3.38. The Bertz CT molecular complexity index is 599. The number of hydrogen-bond donors (Lipinski definition) is 1. The molecule has 0 radical (unpaired) electrons. The molecular formula is C15H17NO4. The maximum Gasteiger partial charge on any atom is 0.311 e. The molecule has 0 spiro atoms. The van der Waals surface area contributed by atoms with Crippen LogP contribution in [0.25, 0.3) is 0 Å². The van der Waals surface area contributed by atoms with E-state index in [2.05, 4.69) is 5.16 Å². The fraction of sp³-hybridized carbons (Fsp3) is 0.333. The second-order valence-electron chi connectivity index (χ2n) is 4.67. The molecule has 0 aliphatic heterocycles. The number of aliphatic carboxylic acids is 1. The van der Waals surface area contributed by atoms with Crippen LogP contribution in [0.5, 0.6) is 5.75 Å². The van der Waals surface area contributed by atoms with Crippen molar-refractivity contribution in [3.63, 3.8) is 0 Å². The first-order valence-electron chi connectivity index (χ1n) is 6.31. The molecule has 0 fully saturated rings. The molecule has 0 saturated carbocycles. The lowest BCUT2D eigenvalue weighted by Crippen LogP contribution is -2.15. The number of aromatic nitrogens is 1. The Labute approximate surface area is 117 Å².